The predicted molar refractivity (Wildman–Crippen MR) is 145 cm³/mol. The van der Waals surface area contributed by atoms with Gasteiger partial charge in [-0.2, -0.15) is 0 Å². The van der Waals surface area contributed by atoms with Gasteiger partial charge in [0.2, 0.25) is 0 Å². The number of carbonyl (C=O) groups is 2. The Morgan fingerprint density at radius 2 is 1.51 bits per heavy atom. The Kier molecular flexibility index (Phi) is 9.80. The van der Waals surface area contributed by atoms with Gasteiger partial charge in [0, 0.05) is 12.2 Å². The number of hydrogen-bond acceptors (Lipinski definition) is 4. The summed E-state index contributed by atoms with van der Waals surface area (Å²) >= 11 is 5.40. The van der Waals surface area contributed by atoms with Crippen LogP contribution in [0, 0.1) is 0 Å². The van der Waals surface area contributed by atoms with Gasteiger partial charge in [-0.3, -0.25) is 14.9 Å². The molecule has 0 aliphatic heterocycles. The summed E-state index contributed by atoms with van der Waals surface area (Å²) in [5.74, 6) is -0.0282. The monoisotopic (exact) mass is 489 g/mol. The molecule has 0 saturated heterocycles. The summed E-state index contributed by atoms with van der Waals surface area (Å²) in [7, 11) is 0. The van der Waals surface area contributed by atoms with Crippen LogP contribution >= 0.6 is 12.2 Å². The predicted octanol–water partition coefficient (Wildman–Crippen LogP) is 6.05. The van der Waals surface area contributed by atoms with Crippen molar-refractivity contribution in [1.82, 2.24) is 5.32 Å². The van der Waals surface area contributed by atoms with Gasteiger partial charge in [-0.25, -0.2) is 0 Å². The highest BCUT2D eigenvalue weighted by Crippen LogP contribution is 2.22. The number of nitrogens with zero attached hydrogens (tertiary/aromatic N) is 1. The molecular formula is C28H31N3O3S. The number of benzene rings is 3. The molecule has 0 atom stereocenters. The highest BCUT2D eigenvalue weighted by Gasteiger charge is 2.20. The van der Waals surface area contributed by atoms with E-state index in [9.17, 15) is 9.59 Å². The average Bonchev–Trinajstić information content (AvgIpc) is 2.88. The van der Waals surface area contributed by atoms with Gasteiger partial charge >= 0.3 is 0 Å². The molecule has 2 amide bonds. The maximum atomic E-state index is 13.4. The Hall–Kier alpha value is -3.71. The van der Waals surface area contributed by atoms with Crippen LogP contribution in [0.2, 0.25) is 0 Å². The summed E-state index contributed by atoms with van der Waals surface area (Å²) in [6.45, 7) is 5.11. The molecule has 0 aliphatic rings. The number of anilines is 2. The first-order valence-corrected chi connectivity index (χ1v) is 12.3. The standard InChI is InChI=1S/C28H31N3O3S/c1-3-5-13-20-34-25-19-12-10-17-23(25)26(32)30-28(35)29-24-18-11-9-16-22(24)27(33)31(4-2)21-14-7-6-8-15-21/h6-12,14-19H,3-5,13,20H2,1-2H3,(H2,29,30,32,35). The fraction of sp³-hybridized carbons (Fsp3) is 0.250. The lowest BCUT2D eigenvalue weighted by molar-refractivity contribution is 0.0970. The zero-order valence-electron chi connectivity index (χ0n) is 20.1. The van der Waals surface area contributed by atoms with Crippen LogP contribution in [0.5, 0.6) is 5.75 Å². The van der Waals surface area contributed by atoms with Gasteiger partial charge in [0.05, 0.1) is 23.4 Å². The van der Waals surface area contributed by atoms with Crippen LogP contribution in [-0.2, 0) is 0 Å². The maximum absolute atomic E-state index is 13.4. The normalized spacial score (nSPS) is 10.3. The molecule has 182 valence electrons. The molecule has 0 fully saturated rings. The number of unbranched alkanes of at least 4 members (excludes halogenated alkanes) is 2. The molecule has 0 saturated carbocycles. The lowest BCUT2D eigenvalue weighted by atomic mass is 10.1. The van der Waals surface area contributed by atoms with Crippen molar-refractivity contribution in [1.29, 1.82) is 0 Å². The fourth-order valence-corrected chi connectivity index (χ4v) is 3.82. The van der Waals surface area contributed by atoms with Gasteiger partial charge < -0.3 is 15.0 Å². The molecule has 3 aromatic rings. The zero-order valence-corrected chi connectivity index (χ0v) is 20.9. The van der Waals surface area contributed by atoms with E-state index in [1.165, 1.54) is 0 Å². The first-order valence-electron chi connectivity index (χ1n) is 11.8. The Bertz CT molecular complexity index is 1150. The van der Waals surface area contributed by atoms with Crippen LogP contribution < -0.4 is 20.3 Å². The second-order valence-corrected chi connectivity index (χ2v) is 8.30. The molecule has 35 heavy (non-hydrogen) atoms. The molecule has 0 bridgehead atoms. The molecular weight excluding hydrogens is 458 g/mol. The minimum Gasteiger partial charge on any atom is -0.493 e. The molecule has 7 heteroatoms. The van der Waals surface area contributed by atoms with E-state index in [2.05, 4.69) is 17.6 Å². The summed E-state index contributed by atoms with van der Waals surface area (Å²) in [4.78, 5) is 28.0. The quantitative estimate of drug-likeness (QED) is 0.268. The fourth-order valence-electron chi connectivity index (χ4n) is 3.61. The van der Waals surface area contributed by atoms with Gasteiger partial charge in [0.1, 0.15) is 5.75 Å². The van der Waals surface area contributed by atoms with Crippen molar-refractivity contribution >= 4 is 40.5 Å². The molecule has 6 nitrogen and oxygen atoms in total. The maximum Gasteiger partial charge on any atom is 0.261 e. The highest BCUT2D eigenvalue weighted by atomic mass is 32.1. The average molecular weight is 490 g/mol. The second-order valence-electron chi connectivity index (χ2n) is 7.89. The number of hydrogen-bond donors (Lipinski definition) is 2. The minimum atomic E-state index is -0.378. The van der Waals surface area contributed by atoms with Crippen LogP contribution in [-0.4, -0.2) is 30.1 Å². The summed E-state index contributed by atoms with van der Waals surface area (Å²) in [5.41, 5.74) is 2.18. The number of rotatable bonds is 10. The van der Waals surface area contributed by atoms with Crippen molar-refractivity contribution in [3.63, 3.8) is 0 Å². The number of ether oxygens (including phenoxy) is 1. The number of carbonyl (C=O) groups excluding carboxylic acids is 2. The largest absolute Gasteiger partial charge is 0.493 e. The molecule has 0 aromatic heterocycles. The third kappa shape index (κ3) is 7.13. The summed E-state index contributed by atoms with van der Waals surface area (Å²) in [5, 5.41) is 5.81. The molecule has 3 aromatic carbocycles. The van der Waals surface area contributed by atoms with E-state index in [-0.39, 0.29) is 16.9 Å². The summed E-state index contributed by atoms with van der Waals surface area (Å²) < 4.78 is 5.82. The Labute approximate surface area is 212 Å². The van der Waals surface area contributed by atoms with Gasteiger partial charge in [0.25, 0.3) is 11.8 Å². The number of para-hydroxylation sites is 3. The zero-order chi connectivity index (χ0) is 25.0. The van der Waals surface area contributed by atoms with Crippen molar-refractivity contribution in [3.8, 4) is 5.75 Å². The number of nitrogens with one attached hydrogen (secondary N) is 2. The molecule has 0 spiro atoms. The Morgan fingerprint density at radius 1 is 0.857 bits per heavy atom. The second kappa shape index (κ2) is 13.2. The highest BCUT2D eigenvalue weighted by molar-refractivity contribution is 7.80. The van der Waals surface area contributed by atoms with Crippen LogP contribution in [0.4, 0.5) is 11.4 Å². The molecule has 3 rings (SSSR count). The molecule has 2 N–H and O–H groups in total. The lowest BCUT2D eigenvalue weighted by Gasteiger charge is -2.23. The van der Waals surface area contributed by atoms with E-state index in [1.807, 2.05) is 49.4 Å². The van der Waals surface area contributed by atoms with Crippen molar-refractivity contribution in [2.24, 2.45) is 0 Å². The van der Waals surface area contributed by atoms with Crippen LogP contribution in [0.1, 0.15) is 53.8 Å². The molecule has 0 aliphatic carbocycles. The Morgan fingerprint density at radius 3 is 2.23 bits per heavy atom. The number of amides is 2. The molecule has 0 unspecified atom stereocenters. The van der Waals surface area contributed by atoms with E-state index in [1.54, 1.807) is 41.3 Å². The lowest BCUT2D eigenvalue weighted by Crippen LogP contribution is -2.36. The van der Waals surface area contributed by atoms with Gasteiger partial charge in [-0.05, 0) is 62.0 Å². The van der Waals surface area contributed by atoms with Crippen LogP contribution in [0.3, 0.4) is 0 Å². The minimum absolute atomic E-state index is 0.0961. The number of thiocarbonyl (C=S) groups is 1. The van der Waals surface area contributed by atoms with E-state index in [0.29, 0.717) is 35.7 Å². The van der Waals surface area contributed by atoms with E-state index >= 15 is 0 Å². The van der Waals surface area contributed by atoms with E-state index in [0.717, 1.165) is 24.9 Å². The SMILES string of the molecule is CCCCCOc1ccccc1C(=O)NC(=S)Nc1ccccc1C(=O)N(CC)c1ccccc1. The van der Waals surface area contributed by atoms with Crippen LogP contribution in [0.15, 0.2) is 78.9 Å². The van der Waals surface area contributed by atoms with E-state index in [4.69, 9.17) is 17.0 Å². The topological polar surface area (TPSA) is 70.7 Å². The van der Waals surface area contributed by atoms with Gasteiger partial charge in [-0.15, -0.1) is 0 Å². The van der Waals surface area contributed by atoms with Gasteiger partial charge in [0.15, 0.2) is 5.11 Å². The summed E-state index contributed by atoms with van der Waals surface area (Å²) in [6, 6.07) is 23.7. The third-order valence-corrected chi connectivity index (χ3v) is 5.60. The van der Waals surface area contributed by atoms with Crippen molar-refractivity contribution < 1.29 is 14.3 Å². The van der Waals surface area contributed by atoms with Gasteiger partial charge in [-0.1, -0.05) is 62.2 Å². The first kappa shape index (κ1) is 25.9. The molecule has 0 radical (unpaired) electrons. The third-order valence-electron chi connectivity index (χ3n) is 5.40. The van der Waals surface area contributed by atoms with Crippen molar-refractivity contribution in [3.05, 3.63) is 90.0 Å². The summed E-state index contributed by atoms with van der Waals surface area (Å²) in [6.07, 6.45) is 3.09. The van der Waals surface area contributed by atoms with E-state index < -0.39 is 0 Å². The molecule has 0 heterocycles. The van der Waals surface area contributed by atoms with Crippen molar-refractivity contribution in [2.45, 2.75) is 33.1 Å². The smallest absolute Gasteiger partial charge is 0.261 e. The first-order chi connectivity index (χ1) is 17.0. The Balaban J connectivity index is 1.71. The van der Waals surface area contributed by atoms with Crippen LogP contribution in [0.25, 0.3) is 0 Å². The van der Waals surface area contributed by atoms with Crippen molar-refractivity contribution in [2.75, 3.05) is 23.4 Å².